The largest absolute Gasteiger partial charge is 0.378 e. The van der Waals surface area contributed by atoms with Gasteiger partial charge in [0.1, 0.15) is 0 Å². The number of thioether (sulfide) groups is 1. The normalized spacial score (nSPS) is 15.7. The Morgan fingerprint density at radius 3 is 2.95 bits per heavy atom. The SMILES string of the molecule is O=C(CCSc1nc2ccccc2s1)N1CCOCC1. The second kappa shape index (κ2) is 6.56. The molecule has 4 nitrogen and oxygen atoms in total. The smallest absolute Gasteiger partial charge is 0.223 e. The highest BCUT2D eigenvalue weighted by molar-refractivity contribution is 8.01. The van der Waals surface area contributed by atoms with E-state index < -0.39 is 0 Å². The summed E-state index contributed by atoms with van der Waals surface area (Å²) in [5, 5.41) is 0. The minimum atomic E-state index is 0.224. The van der Waals surface area contributed by atoms with Crippen LogP contribution in [-0.2, 0) is 9.53 Å². The molecule has 0 spiro atoms. The van der Waals surface area contributed by atoms with Crippen LogP contribution in [0.3, 0.4) is 0 Å². The van der Waals surface area contributed by atoms with Crippen molar-refractivity contribution < 1.29 is 9.53 Å². The van der Waals surface area contributed by atoms with Gasteiger partial charge in [-0.05, 0) is 12.1 Å². The van der Waals surface area contributed by atoms with Crippen molar-refractivity contribution in [1.82, 2.24) is 9.88 Å². The van der Waals surface area contributed by atoms with Crippen LogP contribution in [0, 0.1) is 0 Å². The lowest BCUT2D eigenvalue weighted by molar-refractivity contribution is -0.134. The van der Waals surface area contributed by atoms with Gasteiger partial charge in [0.25, 0.3) is 0 Å². The predicted molar refractivity (Wildman–Crippen MR) is 82.4 cm³/mol. The molecule has 0 unspecified atom stereocenters. The standard InChI is InChI=1S/C14H16N2O2S2/c17-13(16-6-8-18-9-7-16)5-10-19-14-15-11-3-1-2-4-12(11)20-14/h1-4H,5-10H2. The average molecular weight is 308 g/mol. The van der Waals surface area contributed by atoms with Crippen molar-refractivity contribution in [3.05, 3.63) is 24.3 Å². The summed E-state index contributed by atoms with van der Waals surface area (Å²) < 4.78 is 7.50. The number of aromatic nitrogens is 1. The van der Waals surface area contributed by atoms with Gasteiger partial charge >= 0.3 is 0 Å². The van der Waals surface area contributed by atoms with E-state index in [0.29, 0.717) is 19.6 Å². The number of morpholine rings is 1. The Balaban J connectivity index is 1.50. The molecular weight excluding hydrogens is 292 g/mol. The van der Waals surface area contributed by atoms with Crippen molar-refractivity contribution in [1.29, 1.82) is 0 Å². The van der Waals surface area contributed by atoms with Crippen LogP contribution >= 0.6 is 23.1 Å². The zero-order valence-corrected chi connectivity index (χ0v) is 12.7. The summed E-state index contributed by atoms with van der Waals surface area (Å²) in [5.41, 5.74) is 1.04. The fourth-order valence-corrected chi connectivity index (χ4v) is 4.18. The molecule has 0 atom stereocenters. The van der Waals surface area contributed by atoms with E-state index in [0.717, 1.165) is 28.7 Å². The van der Waals surface area contributed by atoms with Crippen molar-refractivity contribution in [2.45, 2.75) is 10.8 Å². The number of ether oxygens (including phenoxy) is 1. The van der Waals surface area contributed by atoms with Gasteiger partial charge in [0, 0.05) is 25.3 Å². The van der Waals surface area contributed by atoms with E-state index in [1.807, 2.05) is 23.1 Å². The molecule has 3 rings (SSSR count). The number of thiazole rings is 1. The minimum Gasteiger partial charge on any atom is -0.378 e. The number of para-hydroxylation sites is 1. The molecule has 1 fully saturated rings. The average Bonchev–Trinajstić information content (AvgIpc) is 2.90. The predicted octanol–water partition coefficient (Wildman–Crippen LogP) is 2.64. The monoisotopic (exact) mass is 308 g/mol. The van der Waals surface area contributed by atoms with Gasteiger partial charge in [-0.3, -0.25) is 4.79 Å². The van der Waals surface area contributed by atoms with Crippen LogP contribution in [0.2, 0.25) is 0 Å². The third-order valence-electron chi connectivity index (χ3n) is 3.18. The molecule has 2 aromatic rings. The fourth-order valence-electron chi connectivity index (χ4n) is 2.11. The Kier molecular flexibility index (Phi) is 4.54. The second-order valence-electron chi connectivity index (χ2n) is 4.54. The van der Waals surface area contributed by atoms with E-state index in [4.69, 9.17) is 4.74 Å². The van der Waals surface area contributed by atoms with E-state index in [1.165, 1.54) is 4.70 Å². The van der Waals surface area contributed by atoms with Gasteiger partial charge in [-0.15, -0.1) is 11.3 Å². The number of carbonyl (C=O) groups excluding carboxylic acids is 1. The van der Waals surface area contributed by atoms with Gasteiger partial charge in [-0.2, -0.15) is 0 Å². The van der Waals surface area contributed by atoms with E-state index in [-0.39, 0.29) is 5.91 Å². The minimum absolute atomic E-state index is 0.224. The molecule has 6 heteroatoms. The lowest BCUT2D eigenvalue weighted by Gasteiger charge is -2.26. The zero-order valence-electron chi connectivity index (χ0n) is 11.1. The lowest BCUT2D eigenvalue weighted by Crippen LogP contribution is -2.40. The van der Waals surface area contributed by atoms with Crippen molar-refractivity contribution in [3.63, 3.8) is 0 Å². The second-order valence-corrected chi connectivity index (χ2v) is 6.91. The summed E-state index contributed by atoms with van der Waals surface area (Å²) in [6, 6.07) is 8.13. The van der Waals surface area contributed by atoms with Crippen molar-refractivity contribution in [3.8, 4) is 0 Å². The Morgan fingerprint density at radius 1 is 1.35 bits per heavy atom. The Hall–Kier alpha value is -1.11. The molecule has 106 valence electrons. The van der Waals surface area contributed by atoms with Gasteiger partial charge in [-0.25, -0.2) is 4.98 Å². The number of carbonyl (C=O) groups is 1. The highest BCUT2D eigenvalue weighted by Gasteiger charge is 2.16. The van der Waals surface area contributed by atoms with Gasteiger partial charge in [0.15, 0.2) is 4.34 Å². The topological polar surface area (TPSA) is 42.4 Å². The Bertz CT molecular complexity index is 561. The number of rotatable bonds is 4. The van der Waals surface area contributed by atoms with E-state index >= 15 is 0 Å². The van der Waals surface area contributed by atoms with Crippen LogP contribution in [0.25, 0.3) is 10.2 Å². The number of amides is 1. The van der Waals surface area contributed by atoms with Crippen LogP contribution in [0.15, 0.2) is 28.6 Å². The molecule has 0 N–H and O–H groups in total. The Morgan fingerprint density at radius 2 is 2.15 bits per heavy atom. The first kappa shape index (κ1) is 13.9. The van der Waals surface area contributed by atoms with Crippen LogP contribution < -0.4 is 0 Å². The fraction of sp³-hybridized carbons (Fsp3) is 0.429. The summed E-state index contributed by atoms with van der Waals surface area (Å²) in [7, 11) is 0. The number of hydrogen-bond donors (Lipinski definition) is 0. The van der Waals surface area contributed by atoms with Crippen LogP contribution in [0.4, 0.5) is 0 Å². The lowest BCUT2D eigenvalue weighted by atomic mass is 10.3. The van der Waals surface area contributed by atoms with Gasteiger partial charge in [-0.1, -0.05) is 23.9 Å². The summed E-state index contributed by atoms with van der Waals surface area (Å²) in [6.45, 7) is 2.78. The molecule has 1 aromatic carbocycles. The summed E-state index contributed by atoms with van der Waals surface area (Å²) in [6.07, 6.45) is 0.570. The molecule has 1 aliphatic rings. The molecule has 0 radical (unpaired) electrons. The van der Waals surface area contributed by atoms with E-state index in [1.54, 1.807) is 23.1 Å². The maximum Gasteiger partial charge on any atom is 0.223 e. The quantitative estimate of drug-likeness (QED) is 0.814. The van der Waals surface area contributed by atoms with E-state index in [9.17, 15) is 4.79 Å². The number of fused-ring (bicyclic) bond motifs is 1. The van der Waals surface area contributed by atoms with E-state index in [2.05, 4.69) is 11.1 Å². The number of benzene rings is 1. The molecule has 1 amide bonds. The molecule has 0 saturated carbocycles. The van der Waals surface area contributed by atoms with Crippen molar-refractivity contribution in [2.75, 3.05) is 32.1 Å². The summed E-state index contributed by atoms with van der Waals surface area (Å²) >= 11 is 3.36. The Labute approximate surface area is 126 Å². The molecule has 1 aliphatic heterocycles. The summed E-state index contributed by atoms with van der Waals surface area (Å²) in [5.74, 6) is 1.01. The van der Waals surface area contributed by atoms with Gasteiger partial charge in [0.05, 0.1) is 23.4 Å². The maximum absolute atomic E-state index is 12.0. The number of nitrogens with zero attached hydrogens (tertiary/aromatic N) is 2. The first-order valence-corrected chi connectivity index (χ1v) is 8.47. The first-order chi connectivity index (χ1) is 9.83. The van der Waals surface area contributed by atoms with Crippen LogP contribution in [-0.4, -0.2) is 47.8 Å². The molecule has 20 heavy (non-hydrogen) atoms. The van der Waals surface area contributed by atoms with Crippen LogP contribution in [0.1, 0.15) is 6.42 Å². The van der Waals surface area contributed by atoms with Crippen LogP contribution in [0.5, 0.6) is 0 Å². The molecule has 0 bridgehead atoms. The molecule has 1 aromatic heterocycles. The first-order valence-electron chi connectivity index (χ1n) is 6.67. The molecule has 2 heterocycles. The van der Waals surface area contributed by atoms with Crippen molar-refractivity contribution >= 4 is 39.2 Å². The summed E-state index contributed by atoms with van der Waals surface area (Å²) in [4.78, 5) is 18.5. The van der Waals surface area contributed by atoms with Gasteiger partial charge in [0.2, 0.25) is 5.91 Å². The third kappa shape index (κ3) is 3.31. The van der Waals surface area contributed by atoms with Gasteiger partial charge < -0.3 is 9.64 Å². The highest BCUT2D eigenvalue weighted by Crippen LogP contribution is 2.29. The molecular formula is C14H16N2O2S2. The maximum atomic E-state index is 12.0. The highest BCUT2D eigenvalue weighted by atomic mass is 32.2. The molecule has 1 saturated heterocycles. The third-order valence-corrected chi connectivity index (χ3v) is 5.36. The number of hydrogen-bond acceptors (Lipinski definition) is 5. The molecule has 0 aliphatic carbocycles. The zero-order chi connectivity index (χ0) is 13.8. The van der Waals surface area contributed by atoms with Crippen molar-refractivity contribution in [2.24, 2.45) is 0 Å².